The fraction of sp³-hybridized carbons (Fsp3) is 0. The lowest BCUT2D eigenvalue weighted by Gasteiger charge is -2.34. The molecule has 50 heavy (non-hydrogen) atoms. The molecule has 10 rings (SSSR count). The van der Waals surface area contributed by atoms with Crippen LogP contribution in [-0.2, 0) is 0 Å². The molecule has 0 amide bonds. The summed E-state index contributed by atoms with van der Waals surface area (Å²) in [7, 11) is 0. The van der Waals surface area contributed by atoms with E-state index in [1.807, 2.05) is 36.4 Å². The molecule has 0 bridgehead atoms. The molecule has 0 saturated carbocycles. The second-order valence-corrected chi connectivity index (χ2v) is 13.1. The minimum absolute atomic E-state index is 0.680. The Kier molecular flexibility index (Phi) is 6.60. The van der Waals surface area contributed by atoms with Crippen molar-refractivity contribution in [3.05, 3.63) is 164 Å². The SMILES string of the molecule is c1ccc(-c2ccc3c(c2)N(c2cccc(-c4nc(-c5ccc6c(c5)oc5ccccc56)ns4)c2)c2cc(-c4ccccc4)ccc2O3)cc1. The van der Waals surface area contributed by atoms with E-state index in [4.69, 9.17) is 18.5 Å². The van der Waals surface area contributed by atoms with Crippen molar-refractivity contribution >= 4 is 50.5 Å². The Morgan fingerprint density at radius 3 is 1.80 bits per heavy atom. The molecule has 9 aromatic rings. The number of ether oxygens (including phenoxy) is 1. The maximum Gasteiger partial charge on any atom is 0.173 e. The van der Waals surface area contributed by atoms with E-state index in [1.54, 1.807) is 0 Å². The second-order valence-electron chi connectivity index (χ2n) is 12.3. The second kappa shape index (κ2) is 11.6. The van der Waals surface area contributed by atoms with Gasteiger partial charge in [0.2, 0.25) is 0 Å². The van der Waals surface area contributed by atoms with E-state index < -0.39 is 0 Å². The van der Waals surface area contributed by atoms with Gasteiger partial charge in [0.25, 0.3) is 0 Å². The van der Waals surface area contributed by atoms with E-state index in [0.717, 1.165) is 88.9 Å². The molecule has 6 heteroatoms. The smallest absolute Gasteiger partial charge is 0.173 e. The average Bonchev–Trinajstić information content (AvgIpc) is 3.83. The van der Waals surface area contributed by atoms with Gasteiger partial charge in [-0.15, -0.1) is 0 Å². The van der Waals surface area contributed by atoms with Crippen molar-refractivity contribution in [1.82, 2.24) is 9.36 Å². The molecule has 0 unspecified atom stereocenters. The molecule has 0 aliphatic carbocycles. The summed E-state index contributed by atoms with van der Waals surface area (Å²) in [5.74, 6) is 2.28. The van der Waals surface area contributed by atoms with Crippen LogP contribution in [0.3, 0.4) is 0 Å². The Balaban J connectivity index is 1.08. The predicted octanol–water partition coefficient (Wildman–Crippen LogP) is 12.7. The van der Waals surface area contributed by atoms with Crippen molar-refractivity contribution in [2.75, 3.05) is 4.90 Å². The van der Waals surface area contributed by atoms with Crippen molar-refractivity contribution in [2.24, 2.45) is 0 Å². The number of benzene rings is 7. The van der Waals surface area contributed by atoms with Gasteiger partial charge in [0.1, 0.15) is 16.2 Å². The Labute approximate surface area is 292 Å². The topological polar surface area (TPSA) is 51.4 Å². The van der Waals surface area contributed by atoms with Crippen LogP contribution in [0.2, 0.25) is 0 Å². The van der Waals surface area contributed by atoms with Gasteiger partial charge in [-0.2, -0.15) is 4.37 Å². The van der Waals surface area contributed by atoms with Gasteiger partial charge in [0.15, 0.2) is 17.3 Å². The van der Waals surface area contributed by atoms with Crippen LogP contribution >= 0.6 is 11.5 Å². The summed E-state index contributed by atoms with van der Waals surface area (Å²) in [6, 6.07) is 56.5. The van der Waals surface area contributed by atoms with Gasteiger partial charge in [-0.1, -0.05) is 109 Å². The number of nitrogens with zero attached hydrogens (tertiary/aromatic N) is 3. The van der Waals surface area contributed by atoms with Crippen molar-refractivity contribution < 1.29 is 9.15 Å². The van der Waals surface area contributed by atoms with E-state index in [1.165, 1.54) is 11.5 Å². The molecule has 3 heterocycles. The molecular weight excluding hydrogens is 635 g/mol. The summed E-state index contributed by atoms with van der Waals surface area (Å²) < 4.78 is 17.5. The quantitative estimate of drug-likeness (QED) is 0.184. The van der Waals surface area contributed by atoms with E-state index in [2.05, 4.69) is 132 Å². The maximum atomic E-state index is 6.56. The average molecular weight is 662 g/mol. The van der Waals surface area contributed by atoms with Crippen LogP contribution < -0.4 is 9.64 Å². The Bertz CT molecular complexity index is 2610. The Morgan fingerprint density at radius 2 is 1.08 bits per heavy atom. The standard InChI is InChI=1S/C44H27N3O2S/c1-3-10-28(11-4-1)30-19-22-40-37(25-30)47(38-26-31(20-23-41(38)49-40)29-12-5-2-6-13-29)34-15-9-14-33(24-34)44-45-43(46-50-44)32-18-21-36-35-16-7-8-17-39(35)48-42(36)27-32/h1-27H. The van der Waals surface area contributed by atoms with Gasteiger partial charge in [-0.05, 0) is 88.4 Å². The first-order valence-electron chi connectivity index (χ1n) is 16.5. The van der Waals surface area contributed by atoms with Gasteiger partial charge in [0, 0.05) is 27.6 Å². The van der Waals surface area contributed by atoms with Crippen molar-refractivity contribution in [2.45, 2.75) is 0 Å². The van der Waals surface area contributed by atoms with E-state index >= 15 is 0 Å². The maximum absolute atomic E-state index is 6.56. The van der Waals surface area contributed by atoms with Crippen molar-refractivity contribution in [1.29, 1.82) is 0 Å². The highest BCUT2D eigenvalue weighted by Gasteiger charge is 2.27. The Hall–Kier alpha value is -6.50. The molecule has 236 valence electrons. The van der Waals surface area contributed by atoms with Gasteiger partial charge in [0.05, 0.1) is 11.4 Å². The van der Waals surface area contributed by atoms with Gasteiger partial charge < -0.3 is 14.1 Å². The molecule has 2 aromatic heterocycles. The molecule has 1 aliphatic rings. The zero-order chi connectivity index (χ0) is 33.0. The molecular formula is C44H27N3O2S. The molecule has 0 radical (unpaired) electrons. The Morgan fingerprint density at radius 1 is 0.460 bits per heavy atom. The van der Waals surface area contributed by atoms with Crippen molar-refractivity contribution in [3.8, 4) is 55.7 Å². The van der Waals surface area contributed by atoms with Crippen LogP contribution in [-0.4, -0.2) is 9.36 Å². The first-order valence-corrected chi connectivity index (χ1v) is 17.3. The first kappa shape index (κ1) is 28.5. The van der Waals surface area contributed by atoms with Gasteiger partial charge in [-0.3, -0.25) is 0 Å². The summed E-state index contributed by atoms with van der Waals surface area (Å²) in [5.41, 5.74) is 11.1. The van der Waals surface area contributed by atoms with Crippen LogP contribution in [0.25, 0.3) is 66.2 Å². The lowest BCUT2D eigenvalue weighted by atomic mass is 10.0. The third kappa shape index (κ3) is 4.85. The number of aromatic nitrogens is 2. The summed E-state index contributed by atoms with van der Waals surface area (Å²) in [4.78, 5) is 7.32. The van der Waals surface area contributed by atoms with E-state index in [9.17, 15) is 0 Å². The third-order valence-electron chi connectivity index (χ3n) is 9.25. The fourth-order valence-corrected chi connectivity index (χ4v) is 7.48. The highest BCUT2D eigenvalue weighted by Crippen LogP contribution is 2.52. The molecule has 0 fully saturated rings. The zero-order valence-electron chi connectivity index (χ0n) is 26.7. The van der Waals surface area contributed by atoms with E-state index in [0.29, 0.717) is 5.82 Å². The molecule has 0 atom stereocenters. The highest BCUT2D eigenvalue weighted by atomic mass is 32.1. The molecule has 0 saturated heterocycles. The van der Waals surface area contributed by atoms with E-state index in [-0.39, 0.29) is 0 Å². The van der Waals surface area contributed by atoms with Gasteiger partial charge in [-0.25, -0.2) is 4.98 Å². The molecule has 0 N–H and O–H groups in total. The monoisotopic (exact) mass is 661 g/mol. The van der Waals surface area contributed by atoms with Crippen LogP contribution in [0.4, 0.5) is 17.1 Å². The third-order valence-corrected chi connectivity index (χ3v) is 10.0. The number of furan rings is 1. The number of anilines is 3. The minimum Gasteiger partial charge on any atom is -0.456 e. The highest BCUT2D eigenvalue weighted by molar-refractivity contribution is 7.09. The van der Waals surface area contributed by atoms with Crippen LogP contribution in [0.15, 0.2) is 168 Å². The summed E-state index contributed by atoms with van der Waals surface area (Å²) in [6.07, 6.45) is 0. The number of para-hydroxylation sites is 1. The first-order chi connectivity index (χ1) is 24.7. The number of hydrogen-bond donors (Lipinski definition) is 0. The molecule has 5 nitrogen and oxygen atoms in total. The largest absolute Gasteiger partial charge is 0.456 e. The molecule has 0 spiro atoms. The summed E-state index contributed by atoms with van der Waals surface area (Å²) >= 11 is 1.40. The minimum atomic E-state index is 0.680. The molecule has 1 aliphatic heterocycles. The van der Waals surface area contributed by atoms with Crippen LogP contribution in [0.5, 0.6) is 11.5 Å². The summed E-state index contributed by atoms with van der Waals surface area (Å²) in [5, 5.41) is 3.04. The fourth-order valence-electron chi connectivity index (χ4n) is 6.80. The lowest BCUT2D eigenvalue weighted by Crippen LogP contribution is -2.16. The van der Waals surface area contributed by atoms with Crippen LogP contribution in [0, 0.1) is 0 Å². The predicted molar refractivity (Wildman–Crippen MR) is 204 cm³/mol. The number of rotatable bonds is 5. The molecule has 7 aromatic carbocycles. The normalized spacial score (nSPS) is 12.1. The zero-order valence-corrected chi connectivity index (χ0v) is 27.5. The van der Waals surface area contributed by atoms with Gasteiger partial charge >= 0.3 is 0 Å². The van der Waals surface area contributed by atoms with Crippen molar-refractivity contribution in [3.63, 3.8) is 0 Å². The van der Waals surface area contributed by atoms with Crippen LogP contribution in [0.1, 0.15) is 0 Å². The number of hydrogen-bond acceptors (Lipinski definition) is 6. The number of fused-ring (bicyclic) bond motifs is 5. The lowest BCUT2D eigenvalue weighted by molar-refractivity contribution is 0.477. The summed E-state index contributed by atoms with van der Waals surface area (Å²) in [6.45, 7) is 0.